The summed E-state index contributed by atoms with van der Waals surface area (Å²) in [6.45, 7) is 7.39. The molecule has 86 valence electrons. The molecule has 1 aliphatic heterocycles. The minimum atomic E-state index is -2.23. The molecule has 0 amide bonds. The molecule has 0 fully saturated rings. The van der Waals surface area contributed by atoms with E-state index in [2.05, 4.69) is 47.7 Å². The maximum atomic E-state index is 6.13. The predicted octanol–water partition coefficient (Wildman–Crippen LogP) is 4.07. The molecule has 0 N–H and O–H groups in total. The summed E-state index contributed by atoms with van der Waals surface area (Å²) in [5.41, 5.74) is 1.45. The summed E-state index contributed by atoms with van der Waals surface area (Å²) in [5, 5.41) is 0.897. The molecule has 0 aromatic heterocycles. The van der Waals surface area contributed by atoms with Crippen LogP contribution in [0.3, 0.4) is 0 Å². The van der Waals surface area contributed by atoms with Gasteiger partial charge in [0.1, 0.15) is 0 Å². The van der Waals surface area contributed by atoms with Gasteiger partial charge in [0, 0.05) is 0 Å². The summed E-state index contributed by atoms with van der Waals surface area (Å²) < 4.78 is 3.43. The molecule has 1 aliphatic rings. The molecule has 0 aliphatic carbocycles. The van der Waals surface area contributed by atoms with Gasteiger partial charge in [-0.25, -0.2) is 0 Å². The van der Waals surface area contributed by atoms with E-state index >= 15 is 0 Å². The Morgan fingerprint density at radius 3 is 2.31 bits per heavy atom. The Morgan fingerprint density at radius 2 is 1.75 bits per heavy atom. The number of benzene rings is 1. The predicted molar refractivity (Wildman–Crippen MR) is 79.9 cm³/mol. The average Bonchev–Trinajstić information content (AvgIpc) is 2.38. The molecule has 0 saturated carbocycles. The first-order chi connectivity index (χ1) is 7.23. The van der Waals surface area contributed by atoms with Crippen LogP contribution in [0.25, 0.3) is 6.08 Å². The van der Waals surface area contributed by atoms with Gasteiger partial charge in [-0.15, -0.1) is 0 Å². The summed E-state index contributed by atoms with van der Waals surface area (Å²) in [6, 6.07) is 6.44. The van der Waals surface area contributed by atoms with E-state index in [4.69, 9.17) is 11.6 Å². The molecular weight excluding hydrogens is 338 g/mol. The molecular formula is C13H19ClSiSn. The minimum absolute atomic E-state index is 0.897. The van der Waals surface area contributed by atoms with Crippen molar-refractivity contribution in [3.8, 4) is 0 Å². The molecule has 0 spiro atoms. The molecule has 0 bridgehead atoms. The molecule has 1 aromatic rings. The Bertz CT molecular complexity index is 469. The Labute approximate surface area is 109 Å². The zero-order chi connectivity index (χ0) is 12.1. The Balaban J connectivity index is 2.60. The van der Waals surface area contributed by atoms with E-state index in [1.165, 1.54) is 5.56 Å². The van der Waals surface area contributed by atoms with Crippen molar-refractivity contribution in [2.45, 2.75) is 29.5 Å². The molecule has 1 aromatic carbocycles. The second-order valence-electron chi connectivity index (χ2n) is 6.16. The van der Waals surface area contributed by atoms with Crippen LogP contribution in [0.15, 0.2) is 21.4 Å². The van der Waals surface area contributed by atoms with E-state index in [9.17, 15) is 0 Å². The number of halogens is 1. The van der Waals surface area contributed by atoms with Gasteiger partial charge in [0.25, 0.3) is 0 Å². The molecule has 16 heavy (non-hydrogen) atoms. The third kappa shape index (κ3) is 2.02. The van der Waals surface area contributed by atoms with Gasteiger partial charge in [-0.3, -0.25) is 0 Å². The zero-order valence-electron chi connectivity index (χ0n) is 10.7. The quantitative estimate of drug-likeness (QED) is 0.665. The van der Waals surface area contributed by atoms with E-state index < -0.39 is 26.5 Å². The van der Waals surface area contributed by atoms with Crippen LogP contribution in [0.2, 0.25) is 34.5 Å². The first kappa shape index (κ1) is 12.7. The fourth-order valence-corrected chi connectivity index (χ4v) is 29.0. The summed E-state index contributed by atoms with van der Waals surface area (Å²) in [5.74, 6) is 0. The number of fused-ring (bicyclic) bond motifs is 1. The van der Waals surface area contributed by atoms with E-state index in [1.54, 1.807) is 3.58 Å². The molecule has 0 saturated heterocycles. The standard InChI is InChI=1S/C11H13ClSi.2CH3.Sn/c1-13(2,3)9-8-10-4-6-11(12)7-5-10;;;/h4,6-8H,1-3H3;2*1H3;. The van der Waals surface area contributed by atoms with Gasteiger partial charge < -0.3 is 0 Å². The van der Waals surface area contributed by atoms with Crippen LogP contribution in [0.4, 0.5) is 0 Å². The second-order valence-corrected chi connectivity index (χ2v) is 25.4. The van der Waals surface area contributed by atoms with Crippen molar-refractivity contribution in [1.82, 2.24) is 0 Å². The maximum absolute atomic E-state index is 6.13. The topological polar surface area (TPSA) is 0 Å². The first-order valence-corrected chi connectivity index (χ1v) is 18.2. The van der Waals surface area contributed by atoms with Crippen LogP contribution >= 0.6 is 11.6 Å². The molecule has 0 unspecified atom stereocenters. The van der Waals surface area contributed by atoms with E-state index in [-0.39, 0.29) is 0 Å². The first-order valence-electron chi connectivity index (χ1n) is 5.75. The number of hydrogen-bond acceptors (Lipinski definition) is 0. The molecule has 0 radical (unpaired) electrons. The van der Waals surface area contributed by atoms with Crippen molar-refractivity contribution in [2.24, 2.45) is 0 Å². The van der Waals surface area contributed by atoms with Crippen molar-refractivity contribution in [2.75, 3.05) is 0 Å². The van der Waals surface area contributed by atoms with E-state index in [0.717, 1.165) is 5.02 Å². The van der Waals surface area contributed by atoms with Gasteiger partial charge in [0.05, 0.1) is 0 Å². The van der Waals surface area contributed by atoms with Gasteiger partial charge in [-0.05, 0) is 0 Å². The van der Waals surface area contributed by atoms with Gasteiger partial charge in [-0.1, -0.05) is 0 Å². The summed E-state index contributed by atoms with van der Waals surface area (Å²) in [4.78, 5) is 5.06. The van der Waals surface area contributed by atoms with Crippen molar-refractivity contribution >= 4 is 47.7 Å². The molecule has 2 rings (SSSR count). The SMILES string of the molecule is C[Si](C)(C)[C]1=Cc2ccc(Cl)c[c]2[Sn]1([CH3])[CH3]. The van der Waals surface area contributed by atoms with Gasteiger partial charge in [0.2, 0.25) is 0 Å². The van der Waals surface area contributed by atoms with Crippen LogP contribution in [0.5, 0.6) is 0 Å². The van der Waals surface area contributed by atoms with Crippen molar-refractivity contribution < 1.29 is 0 Å². The molecule has 0 atom stereocenters. The molecule has 3 heteroatoms. The Kier molecular flexibility index (Phi) is 3.09. The van der Waals surface area contributed by atoms with E-state index in [0.29, 0.717) is 0 Å². The fraction of sp³-hybridized carbons (Fsp3) is 0.385. The van der Waals surface area contributed by atoms with Crippen LogP contribution in [-0.2, 0) is 0 Å². The third-order valence-electron chi connectivity index (χ3n) is 3.47. The third-order valence-corrected chi connectivity index (χ3v) is 25.4. The van der Waals surface area contributed by atoms with Crippen LogP contribution in [0.1, 0.15) is 5.56 Å². The average molecular weight is 358 g/mol. The normalized spacial score (nSPS) is 18.2. The van der Waals surface area contributed by atoms with Crippen LogP contribution < -0.4 is 3.58 Å². The second kappa shape index (κ2) is 3.89. The summed E-state index contributed by atoms with van der Waals surface area (Å²) >= 11 is 3.91. The van der Waals surface area contributed by atoms with Gasteiger partial charge in [-0.2, -0.15) is 0 Å². The molecule has 1 heterocycles. The van der Waals surface area contributed by atoms with Crippen molar-refractivity contribution in [3.63, 3.8) is 0 Å². The van der Waals surface area contributed by atoms with Crippen LogP contribution in [0, 0.1) is 0 Å². The summed E-state index contributed by atoms with van der Waals surface area (Å²) in [6.07, 6.45) is 2.48. The molecule has 0 nitrogen and oxygen atoms in total. The zero-order valence-corrected chi connectivity index (χ0v) is 15.3. The van der Waals surface area contributed by atoms with Crippen molar-refractivity contribution in [1.29, 1.82) is 0 Å². The monoisotopic (exact) mass is 358 g/mol. The Hall–Kier alpha value is 0.266. The van der Waals surface area contributed by atoms with E-state index in [1.807, 2.05) is 9.28 Å². The van der Waals surface area contributed by atoms with Crippen molar-refractivity contribution in [3.05, 3.63) is 32.0 Å². The fourth-order valence-electron chi connectivity index (χ4n) is 2.83. The van der Waals surface area contributed by atoms with Crippen LogP contribution in [-0.4, -0.2) is 26.5 Å². The van der Waals surface area contributed by atoms with Gasteiger partial charge >= 0.3 is 109 Å². The summed E-state index contributed by atoms with van der Waals surface area (Å²) in [7, 11) is -1.16. The van der Waals surface area contributed by atoms with Gasteiger partial charge in [0.15, 0.2) is 0 Å². The number of rotatable bonds is 1. The Morgan fingerprint density at radius 1 is 1.12 bits per heavy atom. The number of hydrogen-bond donors (Lipinski definition) is 0.